The lowest BCUT2D eigenvalue weighted by molar-refractivity contribution is 0.357. The fraction of sp³-hybridized carbons (Fsp3) is 0.692. The van der Waals surface area contributed by atoms with E-state index in [4.69, 9.17) is 5.73 Å². The van der Waals surface area contributed by atoms with Crippen LogP contribution in [0.15, 0.2) is 17.2 Å². The van der Waals surface area contributed by atoms with Crippen LogP contribution < -0.4 is 5.73 Å². The molecule has 1 aliphatic carbocycles. The Bertz CT molecular complexity index is 525. The lowest BCUT2D eigenvalue weighted by Gasteiger charge is -2.23. The number of hydrogen-bond donors (Lipinski definition) is 1. The fourth-order valence-corrected chi connectivity index (χ4v) is 3.88. The third-order valence-corrected chi connectivity index (χ3v) is 5.98. The molecule has 19 heavy (non-hydrogen) atoms. The summed E-state index contributed by atoms with van der Waals surface area (Å²) in [6.45, 7) is 5.04. The molecule has 0 spiro atoms. The molecule has 1 aliphatic rings. The first-order chi connectivity index (χ1) is 8.91. The van der Waals surface area contributed by atoms with Gasteiger partial charge in [-0.25, -0.2) is 8.42 Å². The SMILES string of the molecule is CCn1cc(S(=O)(=O)N(C)C(C)C2CC2)cc1CN. The third kappa shape index (κ3) is 2.70. The molecule has 2 N–H and O–H groups in total. The van der Waals surface area contributed by atoms with Crippen LogP contribution in [-0.2, 0) is 23.1 Å². The van der Waals surface area contributed by atoms with Crippen molar-refractivity contribution in [3.8, 4) is 0 Å². The van der Waals surface area contributed by atoms with Gasteiger partial charge in [-0.2, -0.15) is 4.31 Å². The van der Waals surface area contributed by atoms with Crippen LogP contribution in [0.3, 0.4) is 0 Å². The molecule has 0 aliphatic heterocycles. The highest BCUT2D eigenvalue weighted by atomic mass is 32.2. The topological polar surface area (TPSA) is 68.3 Å². The molecule has 1 fully saturated rings. The molecule has 0 radical (unpaired) electrons. The van der Waals surface area contributed by atoms with E-state index in [9.17, 15) is 8.42 Å². The Balaban J connectivity index is 2.30. The molecule has 0 bridgehead atoms. The van der Waals surface area contributed by atoms with Crippen LogP contribution in [-0.4, -0.2) is 30.4 Å². The Morgan fingerprint density at radius 3 is 2.58 bits per heavy atom. The second kappa shape index (κ2) is 5.26. The van der Waals surface area contributed by atoms with E-state index in [1.807, 2.05) is 18.4 Å². The summed E-state index contributed by atoms with van der Waals surface area (Å²) in [5.41, 5.74) is 6.50. The minimum Gasteiger partial charge on any atom is -0.349 e. The number of aryl methyl sites for hydroxylation is 1. The maximum absolute atomic E-state index is 12.6. The summed E-state index contributed by atoms with van der Waals surface area (Å²) in [7, 11) is -1.74. The molecule has 1 heterocycles. The van der Waals surface area contributed by atoms with E-state index in [0.717, 1.165) is 25.1 Å². The second-order valence-corrected chi connectivity index (χ2v) is 7.25. The standard InChI is InChI=1S/C13H23N3O2S/c1-4-16-9-13(7-12(16)8-14)19(17,18)15(3)10(2)11-5-6-11/h7,9-11H,4-6,8,14H2,1-3H3. The van der Waals surface area contributed by atoms with Crippen molar-refractivity contribution in [1.82, 2.24) is 8.87 Å². The van der Waals surface area contributed by atoms with Crippen LogP contribution in [0.4, 0.5) is 0 Å². The number of aromatic nitrogens is 1. The van der Waals surface area contributed by atoms with Gasteiger partial charge in [-0.15, -0.1) is 0 Å². The van der Waals surface area contributed by atoms with Crippen LogP contribution in [0.25, 0.3) is 0 Å². The highest BCUT2D eigenvalue weighted by molar-refractivity contribution is 7.89. The maximum atomic E-state index is 12.6. The zero-order valence-electron chi connectivity index (χ0n) is 11.8. The highest BCUT2D eigenvalue weighted by Crippen LogP contribution is 2.36. The first-order valence-electron chi connectivity index (χ1n) is 6.79. The highest BCUT2D eigenvalue weighted by Gasteiger charge is 2.36. The quantitative estimate of drug-likeness (QED) is 0.858. The van der Waals surface area contributed by atoms with Crippen molar-refractivity contribution in [3.63, 3.8) is 0 Å². The van der Waals surface area contributed by atoms with Crippen LogP contribution >= 0.6 is 0 Å². The van der Waals surface area contributed by atoms with Gasteiger partial charge in [-0.1, -0.05) is 0 Å². The fourth-order valence-electron chi connectivity index (χ4n) is 2.39. The van der Waals surface area contributed by atoms with Gasteiger partial charge in [0.1, 0.15) is 4.90 Å². The summed E-state index contributed by atoms with van der Waals surface area (Å²) in [6, 6.07) is 1.76. The molecule has 108 valence electrons. The molecule has 2 rings (SSSR count). The first kappa shape index (κ1) is 14.6. The van der Waals surface area contributed by atoms with E-state index < -0.39 is 10.0 Å². The minimum absolute atomic E-state index is 0.0660. The average Bonchev–Trinajstić information content (AvgIpc) is 3.15. The summed E-state index contributed by atoms with van der Waals surface area (Å²) in [4.78, 5) is 0.352. The third-order valence-electron chi connectivity index (χ3n) is 4.07. The lowest BCUT2D eigenvalue weighted by Crippen LogP contribution is -2.36. The van der Waals surface area contributed by atoms with E-state index in [1.165, 1.54) is 4.31 Å². The largest absolute Gasteiger partial charge is 0.349 e. The van der Waals surface area contributed by atoms with E-state index in [1.54, 1.807) is 19.3 Å². The number of sulfonamides is 1. The van der Waals surface area contributed by atoms with Gasteiger partial charge < -0.3 is 10.3 Å². The molecule has 0 saturated heterocycles. The van der Waals surface area contributed by atoms with Crippen molar-refractivity contribution < 1.29 is 8.42 Å². The monoisotopic (exact) mass is 285 g/mol. The van der Waals surface area contributed by atoms with E-state index >= 15 is 0 Å². The summed E-state index contributed by atoms with van der Waals surface area (Å²) >= 11 is 0. The van der Waals surface area contributed by atoms with Crippen LogP contribution in [0.2, 0.25) is 0 Å². The number of nitrogens with two attached hydrogens (primary N) is 1. The van der Waals surface area contributed by atoms with E-state index in [-0.39, 0.29) is 6.04 Å². The van der Waals surface area contributed by atoms with Crippen molar-refractivity contribution in [1.29, 1.82) is 0 Å². The molecule has 6 heteroatoms. The molecular formula is C13H23N3O2S. The van der Waals surface area contributed by atoms with Gasteiger partial charge in [0.2, 0.25) is 10.0 Å². The molecule has 1 atom stereocenters. The number of nitrogens with zero attached hydrogens (tertiary/aromatic N) is 2. The van der Waals surface area contributed by atoms with Crippen LogP contribution in [0, 0.1) is 5.92 Å². The molecule has 1 aromatic rings. The maximum Gasteiger partial charge on any atom is 0.244 e. The molecule has 0 aromatic carbocycles. The zero-order chi connectivity index (χ0) is 14.2. The Labute approximate surface area is 115 Å². The molecular weight excluding hydrogens is 262 g/mol. The summed E-state index contributed by atoms with van der Waals surface area (Å²) in [5, 5.41) is 0. The molecule has 1 saturated carbocycles. The smallest absolute Gasteiger partial charge is 0.244 e. The summed E-state index contributed by atoms with van der Waals surface area (Å²) < 4.78 is 28.5. The van der Waals surface area contributed by atoms with Gasteiger partial charge in [0.25, 0.3) is 0 Å². The molecule has 5 nitrogen and oxygen atoms in total. The Kier molecular flexibility index (Phi) is 4.03. The predicted octanol–water partition coefficient (Wildman–Crippen LogP) is 1.39. The van der Waals surface area contributed by atoms with E-state index in [0.29, 0.717) is 17.4 Å². The van der Waals surface area contributed by atoms with Gasteiger partial charge in [0, 0.05) is 38.1 Å². The molecule has 0 amide bonds. The second-order valence-electron chi connectivity index (χ2n) is 5.26. The van der Waals surface area contributed by atoms with E-state index in [2.05, 4.69) is 0 Å². The van der Waals surface area contributed by atoms with Gasteiger partial charge in [-0.05, 0) is 38.7 Å². The van der Waals surface area contributed by atoms with Gasteiger partial charge in [0.05, 0.1) is 0 Å². The Morgan fingerprint density at radius 2 is 2.16 bits per heavy atom. The average molecular weight is 285 g/mol. The Morgan fingerprint density at radius 1 is 1.53 bits per heavy atom. The van der Waals surface area contributed by atoms with Crippen molar-refractivity contribution >= 4 is 10.0 Å². The summed E-state index contributed by atoms with van der Waals surface area (Å²) in [6.07, 6.45) is 3.95. The van der Waals surface area contributed by atoms with Crippen molar-refractivity contribution in [2.45, 2.75) is 50.7 Å². The zero-order valence-corrected chi connectivity index (χ0v) is 12.7. The molecule has 1 unspecified atom stereocenters. The predicted molar refractivity (Wildman–Crippen MR) is 75.1 cm³/mol. The van der Waals surface area contributed by atoms with Crippen LogP contribution in [0.5, 0.6) is 0 Å². The molecule has 1 aromatic heterocycles. The number of rotatable bonds is 6. The lowest BCUT2D eigenvalue weighted by atomic mass is 10.2. The Hall–Kier alpha value is -0.850. The van der Waals surface area contributed by atoms with Crippen LogP contribution in [0.1, 0.15) is 32.4 Å². The summed E-state index contributed by atoms with van der Waals surface area (Å²) in [5.74, 6) is 0.516. The number of hydrogen-bond acceptors (Lipinski definition) is 3. The van der Waals surface area contributed by atoms with Crippen molar-refractivity contribution in [3.05, 3.63) is 18.0 Å². The first-order valence-corrected chi connectivity index (χ1v) is 8.23. The van der Waals surface area contributed by atoms with Gasteiger partial charge >= 0.3 is 0 Å². The van der Waals surface area contributed by atoms with Gasteiger partial charge in [-0.3, -0.25) is 0 Å². The minimum atomic E-state index is -3.41. The van der Waals surface area contributed by atoms with Crippen molar-refractivity contribution in [2.24, 2.45) is 11.7 Å². The van der Waals surface area contributed by atoms with Gasteiger partial charge in [0.15, 0.2) is 0 Å². The van der Waals surface area contributed by atoms with Crippen molar-refractivity contribution in [2.75, 3.05) is 7.05 Å². The normalized spacial score (nSPS) is 17.9.